The second kappa shape index (κ2) is 11.1. The minimum atomic E-state index is -0.402. The van der Waals surface area contributed by atoms with Crippen LogP contribution in [0.3, 0.4) is 0 Å². The third-order valence-corrected chi connectivity index (χ3v) is 3.18. The van der Waals surface area contributed by atoms with Gasteiger partial charge in [0.25, 0.3) is 5.91 Å². The van der Waals surface area contributed by atoms with E-state index >= 15 is 0 Å². The number of methoxy groups -OCH3 is 1. The minimum absolute atomic E-state index is 0.0208. The Hall–Kier alpha value is -2.52. The zero-order valence-electron chi connectivity index (χ0n) is 15.3. The van der Waals surface area contributed by atoms with Gasteiger partial charge in [-0.25, -0.2) is 0 Å². The van der Waals surface area contributed by atoms with Crippen molar-refractivity contribution in [3.63, 3.8) is 0 Å². The summed E-state index contributed by atoms with van der Waals surface area (Å²) in [4.78, 5) is 12.1. The number of hydrogen-bond acceptors (Lipinski definition) is 5. The van der Waals surface area contributed by atoms with Gasteiger partial charge in [0.2, 0.25) is 0 Å². The van der Waals surface area contributed by atoms with Crippen LogP contribution in [-0.2, 0) is 9.53 Å². The van der Waals surface area contributed by atoms with Crippen LogP contribution in [0.1, 0.15) is 32.8 Å². The Morgan fingerprint density at radius 2 is 2.12 bits per heavy atom. The van der Waals surface area contributed by atoms with Crippen LogP contribution in [-0.4, -0.2) is 38.9 Å². The van der Waals surface area contributed by atoms with Crippen molar-refractivity contribution in [1.82, 2.24) is 5.32 Å². The smallest absolute Gasteiger partial charge is 0.261 e. The lowest BCUT2D eigenvalue weighted by atomic mass is 10.1. The number of nitrogens with zero attached hydrogens (tertiary/aromatic N) is 1. The Morgan fingerprint density at radius 1 is 1.36 bits per heavy atom. The van der Waals surface area contributed by atoms with Crippen molar-refractivity contribution in [3.05, 3.63) is 29.3 Å². The Morgan fingerprint density at radius 3 is 2.72 bits per heavy atom. The van der Waals surface area contributed by atoms with Gasteiger partial charge in [-0.15, -0.1) is 0 Å². The first kappa shape index (κ1) is 20.5. The fraction of sp³-hybridized carbons (Fsp3) is 0.474. The highest BCUT2D eigenvalue weighted by molar-refractivity contribution is 6.01. The maximum absolute atomic E-state index is 12.1. The van der Waals surface area contributed by atoms with Gasteiger partial charge in [0.15, 0.2) is 11.5 Å². The number of rotatable bonds is 10. The summed E-state index contributed by atoms with van der Waals surface area (Å²) < 4.78 is 16.2. The first-order chi connectivity index (χ1) is 12.0. The van der Waals surface area contributed by atoms with E-state index in [-0.39, 0.29) is 11.7 Å². The number of nitriles is 1. The van der Waals surface area contributed by atoms with Gasteiger partial charge in [0, 0.05) is 19.8 Å². The van der Waals surface area contributed by atoms with Gasteiger partial charge in [-0.05, 0) is 51.0 Å². The third kappa shape index (κ3) is 7.27. The highest BCUT2D eigenvalue weighted by atomic mass is 16.5. The van der Waals surface area contributed by atoms with Crippen molar-refractivity contribution in [2.45, 2.75) is 33.3 Å². The molecule has 0 heterocycles. The number of carbonyl (C=O) groups is 1. The van der Waals surface area contributed by atoms with Crippen LogP contribution in [0.5, 0.6) is 11.5 Å². The van der Waals surface area contributed by atoms with Crippen LogP contribution in [0.25, 0.3) is 6.08 Å². The van der Waals surface area contributed by atoms with Crippen LogP contribution in [0.4, 0.5) is 0 Å². The summed E-state index contributed by atoms with van der Waals surface area (Å²) in [6, 6.07) is 7.21. The molecule has 0 unspecified atom stereocenters. The highest BCUT2D eigenvalue weighted by Crippen LogP contribution is 2.29. The molecule has 0 atom stereocenters. The van der Waals surface area contributed by atoms with Crippen LogP contribution in [0.15, 0.2) is 23.8 Å². The zero-order valence-corrected chi connectivity index (χ0v) is 15.3. The minimum Gasteiger partial charge on any atom is -0.493 e. The molecule has 25 heavy (non-hydrogen) atoms. The molecule has 0 bridgehead atoms. The molecule has 0 aromatic heterocycles. The first-order valence-corrected chi connectivity index (χ1v) is 8.34. The van der Waals surface area contributed by atoms with E-state index in [0.717, 1.165) is 0 Å². The fourth-order valence-electron chi connectivity index (χ4n) is 2.06. The van der Waals surface area contributed by atoms with Crippen molar-refractivity contribution in [2.24, 2.45) is 0 Å². The molecule has 0 aliphatic heterocycles. The molecule has 136 valence electrons. The number of amides is 1. The second-order valence-corrected chi connectivity index (χ2v) is 5.55. The molecule has 0 fully saturated rings. The average molecular weight is 346 g/mol. The molecule has 0 aliphatic carbocycles. The van der Waals surface area contributed by atoms with E-state index in [1.54, 1.807) is 25.3 Å². The monoisotopic (exact) mass is 346 g/mol. The molecular weight excluding hydrogens is 320 g/mol. The van der Waals surface area contributed by atoms with Gasteiger partial charge in [-0.2, -0.15) is 5.26 Å². The molecule has 1 amide bonds. The van der Waals surface area contributed by atoms with Crippen LogP contribution in [0.2, 0.25) is 0 Å². The van der Waals surface area contributed by atoms with Gasteiger partial charge in [-0.1, -0.05) is 6.07 Å². The normalized spacial score (nSPS) is 11.1. The second-order valence-electron chi connectivity index (χ2n) is 5.55. The molecule has 0 saturated heterocycles. The van der Waals surface area contributed by atoms with Crippen molar-refractivity contribution in [1.29, 1.82) is 5.26 Å². The van der Waals surface area contributed by atoms with E-state index in [4.69, 9.17) is 14.2 Å². The Labute approximate surface area is 149 Å². The van der Waals surface area contributed by atoms with Crippen LogP contribution < -0.4 is 14.8 Å². The number of carbonyl (C=O) groups excluding carboxylic acids is 1. The van der Waals surface area contributed by atoms with Crippen LogP contribution in [0, 0.1) is 11.3 Å². The molecule has 0 spiro atoms. The lowest BCUT2D eigenvalue weighted by Gasteiger charge is -2.13. The van der Waals surface area contributed by atoms with E-state index in [2.05, 4.69) is 5.32 Å². The van der Waals surface area contributed by atoms with E-state index < -0.39 is 5.91 Å². The standard InChI is InChI=1S/C19H26N2O4/c1-5-24-10-6-9-21-19(22)16(13-20)11-15-7-8-17(25-14(2)3)18(12-15)23-4/h7-8,11-12,14H,5-6,9-10H2,1-4H3,(H,21,22)/b16-11+. The van der Waals surface area contributed by atoms with Gasteiger partial charge >= 0.3 is 0 Å². The number of nitrogens with one attached hydrogen (secondary N) is 1. The van der Waals surface area contributed by atoms with E-state index in [1.165, 1.54) is 6.08 Å². The molecule has 0 radical (unpaired) electrons. The SMILES string of the molecule is CCOCCCNC(=O)/C(C#N)=C/c1ccc(OC(C)C)c(OC)c1. The molecule has 1 aromatic carbocycles. The number of hydrogen-bond donors (Lipinski definition) is 1. The van der Waals surface area contributed by atoms with Gasteiger partial charge in [0.1, 0.15) is 11.6 Å². The Balaban J connectivity index is 2.80. The lowest BCUT2D eigenvalue weighted by Crippen LogP contribution is -2.26. The number of ether oxygens (including phenoxy) is 3. The molecule has 1 rings (SSSR count). The Kier molecular flexibility index (Phi) is 9.12. The van der Waals surface area contributed by atoms with Crippen molar-refractivity contribution in [2.75, 3.05) is 26.9 Å². The van der Waals surface area contributed by atoms with Gasteiger partial charge < -0.3 is 19.5 Å². The fourth-order valence-corrected chi connectivity index (χ4v) is 2.06. The zero-order chi connectivity index (χ0) is 18.7. The van der Waals surface area contributed by atoms with Crippen LogP contribution >= 0.6 is 0 Å². The quantitative estimate of drug-likeness (QED) is 0.400. The molecule has 0 saturated carbocycles. The van der Waals surface area contributed by atoms with Crippen molar-refractivity contribution in [3.8, 4) is 17.6 Å². The summed E-state index contributed by atoms with van der Waals surface area (Å²) in [5, 5.41) is 12.0. The predicted molar refractivity (Wildman–Crippen MR) is 96.5 cm³/mol. The molecule has 6 nitrogen and oxygen atoms in total. The molecule has 1 N–H and O–H groups in total. The maximum Gasteiger partial charge on any atom is 0.261 e. The van der Waals surface area contributed by atoms with Crippen molar-refractivity contribution < 1.29 is 19.0 Å². The third-order valence-electron chi connectivity index (χ3n) is 3.18. The van der Waals surface area contributed by atoms with Crippen molar-refractivity contribution >= 4 is 12.0 Å². The lowest BCUT2D eigenvalue weighted by molar-refractivity contribution is -0.117. The average Bonchev–Trinajstić information content (AvgIpc) is 2.59. The molecular formula is C19H26N2O4. The summed E-state index contributed by atoms with van der Waals surface area (Å²) >= 11 is 0. The van der Waals surface area contributed by atoms with E-state index in [1.807, 2.05) is 26.8 Å². The van der Waals surface area contributed by atoms with Gasteiger partial charge in [0.05, 0.1) is 13.2 Å². The van der Waals surface area contributed by atoms with E-state index in [0.29, 0.717) is 43.2 Å². The maximum atomic E-state index is 12.1. The first-order valence-electron chi connectivity index (χ1n) is 8.34. The highest BCUT2D eigenvalue weighted by Gasteiger charge is 2.11. The summed E-state index contributed by atoms with van der Waals surface area (Å²) in [7, 11) is 1.55. The molecule has 6 heteroatoms. The predicted octanol–water partition coefficient (Wildman–Crippen LogP) is 2.93. The van der Waals surface area contributed by atoms with Gasteiger partial charge in [-0.3, -0.25) is 4.79 Å². The Bertz CT molecular complexity index is 633. The summed E-state index contributed by atoms with van der Waals surface area (Å²) in [5.41, 5.74) is 0.727. The van der Waals surface area contributed by atoms with E-state index in [9.17, 15) is 10.1 Å². The topological polar surface area (TPSA) is 80.6 Å². The summed E-state index contributed by atoms with van der Waals surface area (Å²) in [6.45, 7) is 7.46. The summed E-state index contributed by atoms with van der Waals surface area (Å²) in [6.07, 6.45) is 2.25. The molecule has 0 aliphatic rings. The summed E-state index contributed by atoms with van der Waals surface area (Å²) in [5.74, 6) is 0.769. The largest absolute Gasteiger partial charge is 0.493 e. The number of benzene rings is 1. The molecule has 1 aromatic rings.